The van der Waals surface area contributed by atoms with Gasteiger partial charge in [-0.2, -0.15) is 0 Å². The van der Waals surface area contributed by atoms with Gasteiger partial charge in [0.25, 0.3) is 0 Å². The van der Waals surface area contributed by atoms with Crippen molar-refractivity contribution in [2.75, 3.05) is 0 Å². The molecule has 0 aromatic heterocycles. The Morgan fingerprint density at radius 2 is 1.91 bits per heavy atom. The molecule has 0 heterocycles. The van der Waals surface area contributed by atoms with Crippen LogP contribution in [0.15, 0.2) is 0 Å². The van der Waals surface area contributed by atoms with Crippen molar-refractivity contribution in [2.45, 2.75) is 40.2 Å². The van der Waals surface area contributed by atoms with E-state index in [1.54, 1.807) is 6.92 Å². The van der Waals surface area contributed by atoms with E-state index >= 15 is 0 Å². The van der Waals surface area contributed by atoms with Crippen LogP contribution in [0.4, 0.5) is 0 Å². The van der Waals surface area contributed by atoms with E-state index in [0.29, 0.717) is 6.42 Å². The second-order valence-electron chi connectivity index (χ2n) is 2.13. The fraction of sp³-hybridized carbons (Fsp3) is 0.750. The zero-order valence-corrected chi connectivity index (χ0v) is 7.59. The number of rotatable bonds is 2. The normalized spacial score (nSPS) is 8.09. The Bertz CT molecular complexity index is 108. The Kier molecular flexibility index (Phi) is 10.6. The van der Waals surface area contributed by atoms with Gasteiger partial charge in [0.1, 0.15) is 6.29 Å². The molecule has 0 aromatic rings. The Labute approximate surface area is 67.7 Å². The predicted molar refractivity (Wildman–Crippen MR) is 43.3 cm³/mol. The molecule has 0 saturated heterocycles. The van der Waals surface area contributed by atoms with Crippen LogP contribution in [0.1, 0.15) is 34.1 Å². The summed E-state index contributed by atoms with van der Waals surface area (Å²) in [4.78, 5) is 19.2. The lowest BCUT2D eigenvalue weighted by Gasteiger charge is -2.04. The third-order valence-corrected chi connectivity index (χ3v) is 0.656. The summed E-state index contributed by atoms with van der Waals surface area (Å²) in [7, 11) is 0. The van der Waals surface area contributed by atoms with Crippen molar-refractivity contribution < 1.29 is 14.3 Å². The van der Waals surface area contributed by atoms with Crippen molar-refractivity contribution in [3.8, 4) is 0 Å². The minimum atomic E-state index is -0.125. The van der Waals surface area contributed by atoms with E-state index < -0.39 is 0 Å². The van der Waals surface area contributed by atoms with Crippen molar-refractivity contribution in [2.24, 2.45) is 0 Å². The van der Waals surface area contributed by atoms with E-state index in [0.717, 1.165) is 6.29 Å². The van der Waals surface area contributed by atoms with Crippen molar-refractivity contribution in [1.29, 1.82) is 0 Å². The molecule has 0 amide bonds. The molecule has 0 N–H and O–H groups in total. The summed E-state index contributed by atoms with van der Waals surface area (Å²) < 4.78 is 4.76. The van der Waals surface area contributed by atoms with Crippen molar-refractivity contribution in [3.05, 3.63) is 0 Å². The first-order chi connectivity index (χ1) is 5.08. The molecule has 11 heavy (non-hydrogen) atoms. The molecule has 3 nitrogen and oxygen atoms in total. The molecule has 3 heteroatoms. The Balaban J connectivity index is 0. The van der Waals surface area contributed by atoms with Crippen molar-refractivity contribution in [3.63, 3.8) is 0 Å². The van der Waals surface area contributed by atoms with E-state index in [4.69, 9.17) is 9.53 Å². The highest BCUT2D eigenvalue weighted by molar-refractivity contribution is 5.68. The van der Waals surface area contributed by atoms with Crippen LogP contribution < -0.4 is 0 Å². The van der Waals surface area contributed by atoms with Gasteiger partial charge in [0, 0.05) is 6.42 Å². The summed E-state index contributed by atoms with van der Waals surface area (Å²) in [6, 6.07) is 0. The molecule has 0 fully saturated rings. The minimum absolute atomic E-state index is 0.0300. The molecule has 0 rings (SSSR count). The molecule has 0 aliphatic heterocycles. The molecule has 0 atom stereocenters. The number of aldehydes is 1. The molecular formula is C8H16O3. The maximum atomic E-state index is 10.4. The third-order valence-electron chi connectivity index (χ3n) is 0.656. The van der Waals surface area contributed by atoms with Gasteiger partial charge in [0.05, 0.1) is 6.10 Å². The van der Waals surface area contributed by atoms with Crippen LogP contribution >= 0.6 is 0 Å². The molecule has 0 aliphatic carbocycles. The molecule has 66 valence electrons. The predicted octanol–water partition coefficient (Wildman–Crippen LogP) is 1.55. The molecule has 0 unspecified atom stereocenters. The molecule has 0 bridgehead atoms. The van der Waals surface area contributed by atoms with Gasteiger partial charge in [-0.1, -0.05) is 6.92 Å². The van der Waals surface area contributed by atoms with Gasteiger partial charge in [-0.3, -0.25) is 4.79 Å². The van der Waals surface area contributed by atoms with Gasteiger partial charge >= 0.3 is 5.97 Å². The van der Waals surface area contributed by atoms with Crippen LogP contribution in [0, 0.1) is 0 Å². The lowest BCUT2D eigenvalue weighted by Crippen LogP contribution is -2.09. The van der Waals surface area contributed by atoms with Crippen LogP contribution in [0.5, 0.6) is 0 Å². The van der Waals surface area contributed by atoms with Crippen LogP contribution in [0.3, 0.4) is 0 Å². The Morgan fingerprint density at radius 3 is 2.00 bits per heavy atom. The largest absolute Gasteiger partial charge is 0.463 e. The zero-order valence-electron chi connectivity index (χ0n) is 7.59. The molecule has 0 spiro atoms. The summed E-state index contributed by atoms with van der Waals surface area (Å²) >= 11 is 0. The monoisotopic (exact) mass is 160 g/mol. The van der Waals surface area contributed by atoms with Gasteiger partial charge < -0.3 is 9.53 Å². The van der Waals surface area contributed by atoms with Crippen LogP contribution in [0.2, 0.25) is 0 Å². The first-order valence-corrected chi connectivity index (χ1v) is 3.67. The Morgan fingerprint density at radius 1 is 1.55 bits per heavy atom. The van der Waals surface area contributed by atoms with Crippen LogP contribution in [-0.2, 0) is 14.3 Å². The van der Waals surface area contributed by atoms with Crippen LogP contribution in [-0.4, -0.2) is 18.4 Å². The topological polar surface area (TPSA) is 43.4 Å². The van der Waals surface area contributed by atoms with Gasteiger partial charge in [-0.15, -0.1) is 0 Å². The smallest absolute Gasteiger partial charge is 0.305 e. The highest BCUT2D eigenvalue weighted by Crippen LogP contribution is 1.90. The summed E-state index contributed by atoms with van der Waals surface area (Å²) in [6.07, 6.45) is 1.25. The second kappa shape index (κ2) is 9.14. The average molecular weight is 160 g/mol. The third kappa shape index (κ3) is 17.6. The SMILES string of the molecule is CC=O.CCC(=O)OC(C)C. The standard InChI is InChI=1S/C6H12O2.C2H4O/c1-4-6(7)8-5(2)3;1-2-3/h5H,4H2,1-3H3;2H,1H3. The van der Waals surface area contributed by atoms with Gasteiger partial charge in [-0.05, 0) is 20.8 Å². The number of esters is 1. The average Bonchev–Trinajstić information content (AvgIpc) is 1.88. The summed E-state index contributed by atoms with van der Waals surface area (Å²) in [5.74, 6) is -0.125. The fourth-order valence-electron chi connectivity index (χ4n) is 0.346. The summed E-state index contributed by atoms with van der Waals surface area (Å²) in [5.41, 5.74) is 0. The van der Waals surface area contributed by atoms with E-state index in [1.807, 2.05) is 13.8 Å². The Hall–Kier alpha value is -0.860. The maximum Gasteiger partial charge on any atom is 0.305 e. The summed E-state index contributed by atoms with van der Waals surface area (Å²) in [5, 5.41) is 0. The second-order valence-corrected chi connectivity index (χ2v) is 2.13. The number of hydrogen-bond donors (Lipinski definition) is 0. The first-order valence-electron chi connectivity index (χ1n) is 3.67. The minimum Gasteiger partial charge on any atom is -0.463 e. The van der Waals surface area contributed by atoms with Crippen molar-refractivity contribution in [1.82, 2.24) is 0 Å². The lowest BCUT2D eigenvalue weighted by molar-refractivity contribution is -0.146. The highest BCUT2D eigenvalue weighted by Gasteiger charge is 1.98. The first kappa shape index (κ1) is 12.8. The zero-order chi connectivity index (χ0) is 9.28. The number of ether oxygens (including phenoxy) is 1. The molecule has 0 aromatic carbocycles. The molecule has 0 aliphatic rings. The number of carbonyl (C=O) groups is 2. The van der Waals surface area contributed by atoms with Crippen molar-refractivity contribution >= 4 is 12.3 Å². The number of hydrogen-bond acceptors (Lipinski definition) is 3. The van der Waals surface area contributed by atoms with Gasteiger partial charge in [-0.25, -0.2) is 0 Å². The highest BCUT2D eigenvalue weighted by atomic mass is 16.5. The van der Waals surface area contributed by atoms with Gasteiger partial charge in [0.15, 0.2) is 0 Å². The van der Waals surface area contributed by atoms with E-state index in [1.165, 1.54) is 6.92 Å². The van der Waals surface area contributed by atoms with Gasteiger partial charge in [0.2, 0.25) is 0 Å². The summed E-state index contributed by atoms with van der Waals surface area (Å²) in [6.45, 7) is 6.91. The quantitative estimate of drug-likeness (QED) is 0.454. The van der Waals surface area contributed by atoms with E-state index in [-0.39, 0.29) is 12.1 Å². The van der Waals surface area contributed by atoms with Crippen LogP contribution in [0.25, 0.3) is 0 Å². The molecule has 0 saturated carbocycles. The number of carbonyl (C=O) groups excluding carboxylic acids is 2. The lowest BCUT2D eigenvalue weighted by atomic mass is 10.4. The maximum absolute atomic E-state index is 10.4. The molecular weight excluding hydrogens is 144 g/mol. The fourth-order valence-corrected chi connectivity index (χ4v) is 0.346. The van der Waals surface area contributed by atoms with E-state index in [9.17, 15) is 4.79 Å². The molecule has 0 radical (unpaired) electrons. The van der Waals surface area contributed by atoms with E-state index in [2.05, 4.69) is 0 Å².